The molecular weight excluding hydrogens is 172 g/mol. The third-order valence-corrected chi connectivity index (χ3v) is 3.14. The van der Waals surface area contributed by atoms with Crippen molar-refractivity contribution in [1.29, 1.82) is 0 Å². The topological polar surface area (TPSA) is 15.3 Å². The van der Waals surface area contributed by atoms with E-state index in [0.29, 0.717) is 5.41 Å². The van der Waals surface area contributed by atoms with Crippen molar-refractivity contribution in [3.05, 3.63) is 0 Å². The molecule has 0 bridgehead atoms. The molecule has 0 aromatic rings. The standard InChI is InChI=1S/C12H22N2/c1-4-5-8-13-11-12(2)6-9-14(3)10-7-12/h13H,6-11H2,1-3H3. The van der Waals surface area contributed by atoms with Crippen LogP contribution in [0.3, 0.4) is 0 Å². The van der Waals surface area contributed by atoms with Crippen molar-refractivity contribution < 1.29 is 0 Å². The summed E-state index contributed by atoms with van der Waals surface area (Å²) in [4.78, 5) is 2.41. The average Bonchev–Trinajstić information content (AvgIpc) is 2.18. The van der Waals surface area contributed by atoms with Crippen LogP contribution in [0.1, 0.15) is 26.7 Å². The van der Waals surface area contributed by atoms with Crippen molar-refractivity contribution in [2.24, 2.45) is 5.41 Å². The fraction of sp³-hybridized carbons (Fsp3) is 0.833. The van der Waals surface area contributed by atoms with Gasteiger partial charge in [-0.1, -0.05) is 12.8 Å². The monoisotopic (exact) mass is 194 g/mol. The molecule has 0 aromatic heterocycles. The van der Waals surface area contributed by atoms with Crippen LogP contribution in [0.4, 0.5) is 0 Å². The molecule has 14 heavy (non-hydrogen) atoms. The molecule has 1 fully saturated rings. The zero-order valence-corrected chi connectivity index (χ0v) is 9.69. The third-order valence-electron chi connectivity index (χ3n) is 3.14. The maximum atomic E-state index is 3.42. The molecule has 0 aliphatic carbocycles. The van der Waals surface area contributed by atoms with Gasteiger partial charge < -0.3 is 10.2 Å². The van der Waals surface area contributed by atoms with Crippen LogP contribution in [0, 0.1) is 17.3 Å². The fourth-order valence-electron chi connectivity index (χ4n) is 1.85. The van der Waals surface area contributed by atoms with Gasteiger partial charge in [-0.15, -0.1) is 5.92 Å². The van der Waals surface area contributed by atoms with E-state index in [2.05, 4.69) is 36.0 Å². The lowest BCUT2D eigenvalue weighted by atomic mass is 9.80. The lowest BCUT2D eigenvalue weighted by molar-refractivity contribution is 0.138. The van der Waals surface area contributed by atoms with Gasteiger partial charge >= 0.3 is 0 Å². The number of nitrogens with one attached hydrogen (secondary N) is 1. The van der Waals surface area contributed by atoms with E-state index in [1.165, 1.54) is 25.9 Å². The van der Waals surface area contributed by atoms with Crippen LogP contribution in [0.5, 0.6) is 0 Å². The molecule has 0 radical (unpaired) electrons. The Morgan fingerprint density at radius 1 is 1.36 bits per heavy atom. The molecule has 0 aromatic carbocycles. The van der Waals surface area contributed by atoms with Gasteiger partial charge in [-0.3, -0.25) is 0 Å². The highest BCUT2D eigenvalue weighted by Crippen LogP contribution is 2.29. The lowest BCUT2D eigenvalue weighted by Crippen LogP contribution is -2.42. The maximum Gasteiger partial charge on any atom is 0.0576 e. The molecule has 1 saturated heterocycles. The van der Waals surface area contributed by atoms with Gasteiger partial charge in [0.05, 0.1) is 6.54 Å². The third kappa shape index (κ3) is 3.69. The van der Waals surface area contributed by atoms with E-state index in [0.717, 1.165) is 13.1 Å². The van der Waals surface area contributed by atoms with E-state index in [4.69, 9.17) is 0 Å². The number of hydrogen-bond donors (Lipinski definition) is 1. The first kappa shape index (κ1) is 11.6. The van der Waals surface area contributed by atoms with Crippen molar-refractivity contribution in [2.75, 3.05) is 33.2 Å². The minimum Gasteiger partial charge on any atom is -0.306 e. The first-order valence-corrected chi connectivity index (χ1v) is 5.45. The van der Waals surface area contributed by atoms with Crippen LogP contribution in [0.25, 0.3) is 0 Å². The second-order valence-corrected chi connectivity index (χ2v) is 4.64. The Bertz CT molecular complexity index is 216. The zero-order valence-electron chi connectivity index (χ0n) is 9.69. The van der Waals surface area contributed by atoms with Crippen molar-refractivity contribution in [1.82, 2.24) is 10.2 Å². The molecule has 1 aliphatic rings. The predicted molar refractivity (Wildman–Crippen MR) is 61.2 cm³/mol. The molecule has 0 unspecified atom stereocenters. The summed E-state index contributed by atoms with van der Waals surface area (Å²) >= 11 is 0. The number of hydrogen-bond acceptors (Lipinski definition) is 2. The van der Waals surface area contributed by atoms with Gasteiger partial charge in [-0.05, 0) is 45.3 Å². The summed E-state index contributed by atoms with van der Waals surface area (Å²) in [7, 11) is 2.20. The Kier molecular flexibility index (Phi) is 4.44. The average molecular weight is 194 g/mol. The SMILES string of the molecule is CC#CCNCC1(C)CCN(C)CC1. The van der Waals surface area contributed by atoms with Gasteiger partial charge in [0.1, 0.15) is 0 Å². The Balaban J connectivity index is 2.23. The molecule has 0 spiro atoms. The Labute approximate surface area is 88.1 Å². The second-order valence-electron chi connectivity index (χ2n) is 4.64. The molecule has 1 rings (SSSR count). The van der Waals surface area contributed by atoms with Gasteiger partial charge in [-0.2, -0.15) is 0 Å². The molecule has 0 atom stereocenters. The summed E-state index contributed by atoms with van der Waals surface area (Å²) < 4.78 is 0. The van der Waals surface area contributed by atoms with E-state index < -0.39 is 0 Å². The molecule has 2 nitrogen and oxygen atoms in total. The van der Waals surface area contributed by atoms with Crippen LogP contribution < -0.4 is 5.32 Å². The van der Waals surface area contributed by atoms with Crippen molar-refractivity contribution in [3.8, 4) is 11.8 Å². The highest BCUT2D eigenvalue weighted by molar-refractivity contribution is 4.97. The van der Waals surface area contributed by atoms with Crippen LogP contribution in [-0.4, -0.2) is 38.1 Å². The number of rotatable bonds is 3. The molecule has 80 valence electrons. The van der Waals surface area contributed by atoms with Gasteiger partial charge in [0.25, 0.3) is 0 Å². The van der Waals surface area contributed by atoms with E-state index in [1.54, 1.807) is 0 Å². The Morgan fingerprint density at radius 2 is 2.00 bits per heavy atom. The highest BCUT2D eigenvalue weighted by atomic mass is 15.1. The minimum absolute atomic E-state index is 0.488. The smallest absolute Gasteiger partial charge is 0.0576 e. The van der Waals surface area contributed by atoms with E-state index in [1.807, 2.05) is 6.92 Å². The van der Waals surface area contributed by atoms with Crippen molar-refractivity contribution in [2.45, 2.75) is 26.7 Å². The van der Waals surface area contributed by atoms with Gasteiger partial charge in [0.15, 0.2) is 0 Å². The Hall–Kier alpha value is -0.520. The molecule has 1 N–H and O–H groups in total. The lowest BCUT2D eigenvalue weighted by Gasteiger charge is -2.37. The number of likely N-dealkylation sites (tertiary alicyclic amines) is 1. The van der Waals surface area contributed by atoms with E-state index >= 15 is 0 Å². The number of nitrogens with zero attached hydrogens (tertiary/aromatic N) is 1. The van der Waals surface area contributed by atoms with E-state index in [-0.39, 0.29) is 0 Å². The molecular formula is C12H22N2. The number of piperidine rings is 1. The van der Waals surface area contributed by atoms with Crippen LogP contribution in [0.2, 0.25) is 0 Å². The molecule has 1 heterocycles. The normalized spacial score (nSPS) is 21.4. The highest BCUT2D eigenvalue weighted by Gasteiger charge is 2.27. The minimum atomic E-state index is 0.488. The Morgan fingerprint density at radius 3 is 2.57 bits per heavy atom. The summed E-state index contributed by atoms with van der Waals surface area (Å²) in [6.07, 6.45) is 2.60. The van der Waals surface area contributed by atoms with Crippen LogP contribution in [0.15, 0.2) is 0 Å². The first-order valence-electron chi connectivity index (χ1n) is 5.45. The summed E-state index contributed by atoms with van der Waals surface area (Å²) in [6.45, 7) is 8.68. The fourth-order valence-corrected chi connectivity index (χ4v) is 1.85. The maximum absolute atomic E-state index is 3.42. The molecule has 0 amide bonds. The van der Waals surface area contributed by atoms with Gasteiger partial charge in [0, 0.05) is 6.54 Å². The quantitative estimate of drug-likeness (QED) is 0.538. The molecule has 1 aliphatic heterocycles. The van der Waals surface area contributed by atoms with Crippen molar-refractivity contribution >= 4 is 0 Å². The largest absolute Gasteiger partial charge is 0.306 e. The van der Waals surface area contributed by atoms with Crippen LogP contribution in [-0.2, 0) is 0 Å². The second kappa shape index (κ2) is 5.38. The van der Waals surface area contributed by atoms with Gasteiger partial charge in [0.2, 0.25) is 0 Å². The summed E-state index contributed by atoms with van der Waals surface area (Å²) in [5, 5.41) is 3.42. The van der Waals surface area contributed by atoms with Gasteiger partial charge in [-0.25, -0.2) is 0 Å². The first-order chi connectivity index (χ1) is 6.66. The molecule has 2 heteroatoms. The van der Waals surface area contributed by atoms with Crippen molar-refractivity contribution in [3.63, 3.8) is 0 Å². The summed E-state index contributed by atoms with van der Waals surface area (Å²) in [5.41, 5.74) is 0.488. The predicted octanol–water partition coefficient (Wildman–Crippen LogP) is 1.33. The zero-order chi connectivity index (χ0) is 10.4. The summed E-state index contributed by atoms with van der Waals surface area (Å²) in [6, 6.07) is 0. The van der Waals surface area contributed by atoms with Crippen LogP contribution >= 0.6 is 0 Å². The van der Waals surface area contributed by atoms with E-state index in [9.17, 15) is 0 Å². The molecule has 0 saturated carbocycles. The summed E-state index contributed by atoms with van der Waals surface area (Å²) in [5.74, 6) is 5.95.